The van der Waals surface area contributed by atoms with Gasteiger partial charge in [0.05, 0.1) is 24.2 Å². The Morgan fingerprint density at radius 3 is 2.14 bits per heavy atom. The molecule has 150 valence electrons. The molecule has 0 saturated carbocycles. The Morgan fingerprint density at radius 1 is 0.897 bits per heavy atom. The molecule has 1 N–H and O–H groups in total. The van der Waals surface area contributed by atoms with E-state index in [0.29, 0.717) is 11.4 Å². The standard InChI is InChI=1S/C22H22N2O4S/c1-28-21-15-9-8-14-20(21)23-22(25)17-24(16-18-10-4-2-5-11-18)29(26,27)19-12-6-3-7-13-19/h2-15H,16-17H2,1H3,(H,23,25). The maximum absolute atomic E-state index is 13.2. The van der Waals surface area contributed by atoms with Gasteiger partial charge in [-0.1, -0.05) is 60.7 Å². The van der Waals surface area contributed by atoms with Gasteiger partial charge in [0.2, 0.25) is 15.9 Å². The maximum atomic E-state index is 13.2. The van der Waals surface area contributed by atoms with Crippen molar-refractivity contribution >= 4 is 21.6 Å². The van der Waals surface area contributed by atoms with Crippen LogP contribution in [0.15, 0.2) is 89.8 Å². The van der Waals surface area contributed by atoms with Gasteiger partial charge in [-0.3, -0.25) is 4.79 Å². The zero-order chi connectivity index (χ0) is 20.7. The number of amides is 1. The summed E-state index contributed by atoms with van der Waals surface area (Å²) >= 11 is 0. The van der Waals surface area contributed by atoms with E-state index in [1.165, 1.54) is 23.5 Å². The first-order valence-electron chi connectivity index (χ1n) is 9.02. The number of nitrogens with zero attached hydrogens (tertiary/aromatic N) is 1. The lowest BCUT2D eigenvalue weighted by Crippen LogP contribution is -2.37. The fourth-order valence-electron chi connectivity index (χ4n) is 2.85. The van der Waals surface area contributed by atoms with Crippen molar-refractivity contribution in [2.75, 3.05) is 19.0 Å². The molecule has 0 fully saturated rings. The monoisotopic (exact) mass is 410 g/mol. The van der Waals surface area contributed by atoms with E-state index >= 15 is 0 Å². The van der Waals surface area contributed by atoms with E-state index in [1.807, 2.05) is 30.3 Å². The van der Waals surface area contributed by atoms with E-state index in [-0.39, 0.29) is 18.0 Å². The normalized spacial score (nSPS) is 11.2. The Balaban J connectivity index is 1.86. The highest BCUT2D eigenvalue weighted by Gasteiger charge is 2.27. The first-order chi connectivity index (χ1) is 14.0. The predicted molar refractivity (Wildman–Crippen MR) is 112 cm³/mol. The van der Waals surface area contributed by atoms with Gasteiger partial charge in [0.15, 0.2) is 0 Å². The molecule has 0 saturated heterocycles. The summed E-state index contributed by atoms with van der Waals surface area (Å²) in [4.78, 5) is 12.8. The van der Waals surface area contributed by atoms with Crippen LogP contribution in [0.1, 0.15) is 5.56 Å². The first kappa shape index (κ1) is 20.6. The van der Waals surface area contributed by atoms with Crippen LogP contribution in [0.25, 0.3) is 0 Å². The fourth-order valence-corrected chi connectivity index (χ4v) is 4.26. The average molecular weight is 410 g/mol. The predicted octanol–water partition coefficient (Wildman–Crippen LogP) is 3.52. The van der Waals surface area contributed by atoms with Crippen molar-refractivity contribution in [1.82, 2.24) is 4.31 Å². The molecule has 0 aromatic heterocycles. The van der Waals surface area contributed by atoms with E-state index in [4.69, 9.17) is 4.74 Å². The number of benzene rings is 3. The van der Waals surface area contributed by atoms with Crippen LogP contribution < -0.4 is 10.1 Å². The molecule has 3 rings (SSSR count). The van der Waals surface area contributed by atoms with Gasteiger partial charge in [-0.05, 0) is 29.8 Å². The van der Waals surface area contributed by atoms with Crippen LogP contribution in [0.5, 0.6) is 5.75 Å². The smallest absolute Gasteiger partial charge is 0.243 e. The van der Waals surface area contributed by atoms with E-state index in [2.05, 4.69) is 5.32 Å². The van der Waals surface area contributed by atoms with Gasteiger partial charge in [0.25, 0.3) is 0 Å². The Labute approximate surface area is 170 Å². The molecule has 0 unspecified atom stereocenters. The number of ether oxygens (including phenoxy) is 1. The molecule has 1 amide bonds. The summed E-state index contributed by atoms with van der Waals surface area (Å²) in [5.41, 5.74) is 1.27. The lowest BCUT2D eigenvalue weighted by Gasteiger charge is -2.22. The van der Waals surface area contributed by atoms with Crippen LogP contribution in [-0.4, -0.2) is 32.3 Å². The molecule has 0 spiro atoms. The fraction of sp³-hybridized carbons (Fsp3) is 0.136. The molecular formula is C22H22N2O4S. The number of sulfonamides is 1. The van der Waals surface area contributed by atoms with Crippen molar-refractivity contribution in [2.45, 2.75) is 11.4 Å². The van der Waals surface area contributed by atoms with Gasteiger partial charge in [0, 0.05) is 6.54 Å². The summed E-state index contributed by atoms with van der Waals surface area (Å²) in [7, 11) is -2.35. The van der Waals surface area contributed by atoms with E-state index in [1.54, 1.807) is 42.5 Å². The third kappa shape index (κ3) is 5.22. The van der Waals surface area contributed by atoms with Crippen molar-refractivity contribution in [3.63, 3.8) is 0 Å². The molecule has 0 radical (unpaired) electrons. The second-order valence-corrected chi connectivity index (χ2v) is 8.26. The molecule has 0 aliphatic rings. The van der Waals surface area contributed by atoms with Gasteiger partial charge in [-0.25, -0.2) is 8.42 Å². The van der Waals surface area contributed by atoms with Gasteiger partial charge < -0.3 is 10.1 Å². The molecule has 3 aromatic carbocycles. The third-order valence-electron chi connectivity index (χ3n) is 4.28. The zero-order valence-corrected chi connectivity index (χ0v) is 16.8. The second kappa shape index (κ2) is 9.36. The third-order valence-corrected chi connectivity index (χ3v) is 6.09. The van der Waals surface area contributed by atoms with Gasteiger partial charge in [-0.2, -0.15) is 4.31 Å². The minimum Gasteiger partial charge on any atom is -0.495 e. The van der Waals surface area contributed by atoms with E-state index < -0.39 is 15.9 Å². The molecule has 0 aliphatic carbocycles. The highest BCUT2D eigenvalue weighted by atomic mass is 32.2. The number of rotatable bonds is 8. The van der Waals surface area contributed by atoms with Crippen LogP contribution in [0.4, 0.5) is 5.69 Å². The Hall–Kier alpha value is -3.16. The van der Waals surface area contributed by atoms with E-state index in [0.717, 1.165) is 5.56 Å². The topological polar surface area (TPSA) is 75.7 Å². The van der Waals surface area contributed by atoms with Gasteiger partial charge in [-0.15, -0.1) is 0 Å². The number of nitrogens with one attached hydrogen (secondary N) is 1. The van der Waals surface area contributed by atoms with Crippen molar-refractivity contribution < 1.29 is 17.9 Å². The summed E-state index contributed by atoms with van der Waals surface area (Å²) in [5, 5.41) is 2.73. The Bertz CT molecular complexity index is 1050. The number of anilines is 1. The molecule has 29 heavy (non-hydrogen) atoms. The van der Waals surface area contributed by atoms with Crippen molar-refractivity contribution in [3.05, 3.63) is 90.5 Å². The summed E-state index contributed by atoms with van der Waals surface area (Å²) < 4.78 is 32.7. The van der Waals surface area contributed by atoms with Crippen molar-refractivity contribution in [1.29, 1.82) is 0 Å². The van der Waals surface area contributed by atoms with Gasteiger partial charge in [0.1, 0.15) is 5.75 Å². The van der Waals surface area contributed by atoms with Crippen LogP contribution in [0, 0.1) is 0 Å². The summed E-state index contributed by atoms with van der Waals surface area (Å²) in [5.74, 6) is 0.0475. The molecule has 3 aromatic rings. The first-order valence-corrected chi connectivity index (χ1v) is 10.5. The van der Waals surface area contributed by atoms with Crippen LogP contribution in [0.2, 0.25) is 0 Å². The largest absolute Gasteiger partial charge is 0.495 e. The highest BCUT2D eigenvalue weighted by molar-refractivity contribution is 7.89. The van der Waals surface area contributed by atoms with Crippen molar-refractivity contribution in [2.24, 2.45) is 0 Å². The Kier molecular flexibility index (Phi) is 6.64. The molecule has 0 bridgehead atoms. The average Bonchev–Trinajstić information content (AvgIpc) is 2.75. The SMILES string of the molecule is COc1ccccc1NC(=O)CN(Cc1ccccc1)S(=O)(=O)c1ccccc1. The Morgan fingerprint density at radius 2 is 1.48 bits per heavy atom. The molecule has 7 heteroatoms. The van der Waals surface area contributed by atoms with Crippen LogP contribution in [0.3, 0.4) is 0 Å². The minimum atomic E-state index is -3.86. The molecule has 6 nitrogen and oxygen atoms in total. The molecular weight excluding hydrogens is 388 g/mol. The minimum absolute atomic E-state index is 0.0808. The number of carbonyl (C=O) groups is 1. The van der Waals surface area contributed by atoms with Crippen molar-refractivity contribution in [3.8, 4) is 5.75 Å². The number of carbonyl (C=O) groups excluding carboxylic acids is 1. The second-order valence-electron chi connectivity index (χ2n) is 6.32. The zero-order valence-electron chi connectivity index (χ0n) is 16.0. The summed E-state index contributed by atoms with van der Waals surface area (Å²) in [6, 6.07) is 24.2. The molecule has 0 heterocycles. The summed E-state index contributed by atoms with van der Waals surface area (Å²) in [6.07, 6.45) is 0. The number of hydrogen-bond acceptors (Lipinski definition) is 4. The highest BCUT2D eigenvalue weighted by Crippen LogP contribution is 2.24. The number of para-hydroxylation sites is 2. The number of methoxy groups -OCH3 is 1. The van der Waals surface area contributed by atoms with Gasteiger partial charge >= 0.3 is 0 Å². The lowest BCUT2D eigenvalue weighted by molar-refractivity contribution is -0.116. The van der Waals surface area contributed by atoms with Crippen LogP contribution in [-0.2, 0) is 21.4 Å². The number of hydrogen-bond donors (Lipinski definition) is 1. The van der Waals surface area contributed by atoms with E-state index in [9.17, 15) is 13.2 Å². The van der Waals surface area contributed by atoms with Crippen LogP contribution >= 0.6 is 0 Å². The lowest BCUT2D eigenvalue weighted by atomic mass is 10.2. The molecule has 0 aliphatic heterocycles. The summed E-state index contributed by atoms with van der Waals surface area (Å²) in [6.45, 7) is -0.248. The maximum Gasteiger partial charge on any atom is 0.243 e. The molecule has 0 atom stereocenters. The quantitative estimate of drug-likeness (QED) is 0.616.